The van der Waals surface area contributed by atoms with E-state index in [1.165, 1.54) is 4.90 Å². The summed E-state index contributed by atoms with van der Waals surface area (Å²) in [5.74, 6) is -0.153. The second kappa shape index (κ2) is 7.59. The van der Waals surface area contributed by atoms with E-state index >= 15 is 0 Å². The highest BCUT2D eigenvalue weighted by molar-refractivity contribution is 7.88. The third-order valence-corrected chi connectivity index (χ3v) is 3.73. The van der Waals surface area contributed by atoms with Crippen molar-refractivity contribution < 1.29 is 13.2 Å². The molecule has 21 heavy (non-hydrogen) atoms. The molecule has 0 unspecified atom stereocenters. The first kappa shape index (κ1) is 17.7. The van der Waals surface area contributed by atoms with Crippen molar-refractivity contribution in [3.05, 3.63) is 40.4 Å². The lowest BCUT2D eigenvalue weighted by molar-refractivity contribution is -0.125. The number of likely N-dealkylation sites (N-methyl/N-ethyl adjacent to an activating group) is 1. The van der Waals surface area contributed by atoms with Crippen LogP contribution in [0.1, 0.15) is 12.5 Å². The van der Waals surface area contributed by atoms with E-state index in [1.54, 1.807) is 32.2 Å². The van der Waals surface area contributed by atoms with Gasteiger partial charge in [0, 0.05) is 30.7 Å². The van der Waals surface area contributed by atoms with E-state index in [9.17, 15) is 13.2 Å². The Bertz CT molecular complexity index is 624. The first-order valence-electron chi connectivity index (χ1n) is 6.33. The number of benzene rings is 1. The molecule has 1 N–H and O–H groups in total. The van der Waals surface area contributed by atoms with Crippen molar-refractivity contribution in [1.29, 1.82) is 0 Å². The van der Waals surface area contributed by atoms with Gasteiger partial charge in [-0.05, 0) is 30.7 Å². The summed E-state index contributed by atoms with van der Waals surface area (Å²) in [7, 11) is -1.60. The minimum Gasteiger partial charge on any atom is -0.341 e. The number of nitrogens with one attached hydrogen (secondary N) is 1. The smallest absolute Gasteiger partial charge is 0.249 e. The molecule has 0 aromatic heterocycles. The van der Waals surface area contributed by atoms with Gasteiger partial charge in [-0.1, -0.05) is 23.7 Å². The molecule has 0 aliphatic heterocycles. The second-order valence-corrected chi connectivity index (χ2v) is 7.04. The topological polar surface area (TPSA) is 66.5 Å². The Morgan fingerprint density at radius 1 is 1.33 bits per heavy atom. The number of nitrogens with zero attached hydrogens (tertiary/aromatic N) is 1. The molecule has 1 amide bonds. The predicted molar refractivity (Wildman–Crippen MR) is 85.6 cm³/mol. The van der Waals surface area contributed by atoms with Crippen molar-refractivity contribution in [1.82, 2.24) is 9.62 Å². The zero-order valence-electron chi connectivity index (χ0n) is 12.3. The van der Waals surface area contributed by atoms with Crippen LogP contribution in [0.5, 0.6) is 0 Å². The summed E-state index contributed by atoms with van der Waals surface area (Å²) < 4.78 is 24.2. The third-order valence-electron chi connectivity index (χ3n) is 2.75. The first-order valence-corrected chi connectivity index (χ1v) is 8.60. The minimum atomic E-state index is -3.23. The SMILES string of the molecule is CC(=Cc1ccc(Cl)cc1)C(=O)N(C)CCNS(C)(=O)=O. The number of rotatable bonds is 6. The Hall–Kier alpha value is -1.37. The number of carbonyl (C=O) groups is 1. The molecule has 1 aromatic rings. The van der Waals surface area contributed by atoms with Crippen LogP contribution in [0, 0.1) is 0 Å². The van der Waals surface area contributed by atoms with Crippen LogP contribution in [0.25, 0.3) is 6.08 Å². The maximum Gasteiger partial charge on any atom is 0.249 e. The number of carbonyl (C=O) groups excluding carboxylic acids is 1. The number of hydrogen-bond donors (Lipinski definition) is 1. The zero-order valence-corrected chi connectivity index (χ0v) is 13.8. The standard InChI is InChI=1S/C14H19ClN2O3S/c1-11(10-12-4-6-13(15)7-5-12)14(18)17(2)9-8-16-21(3,19)20/h4-7,10,16H,8-9H2,1-3H3. The average Bonchev–Trinajstić information content (AvgIpc) is 2.38. The molecular formula is C14H19ClN2O3S. The van der Waals surface area contributed by atoms with E-state index in [1.807, 2.05) is 12.1 Å². The fraction of sp³-hybridized carbons (Fsp3) is 0.357. The van der Waals surface area contributed by atoms with Gasteiger partial charge in [-0.2, -0.15) is 0 Å². The lowest BCUT2D eigenvalue weighted by atomic mass is 10.1. The van der Waals surface area contributed by atoms with Gasteiger partial charge in [-0.3, -0.25) is 4.79 Å². The average molecular weight is 331 g/mol. The quantitative estimate of drug-likeness (QED) is 0.808. The Morgan fingerprint density at radius 3 is 2.43 bits per heavy atom. The lowest BCUT2D eigenvalue weighted by Crippen LogP contribution is -2.36. The van der Waals surface area contributed by atoms with Gasteiger partial charge in [0.15, 0.2) is 0 Å². The Labute approximate surface area is 130 Å². The highest BCUT2D eigenvalue weighted by Crippen LogP contribution is 2.13. The Morgan fingerprint density at radius 2 is 1.90 bits per heavy atom. The molecule has 0 aliphatic rings. The Balaban J connectivity index is 2.62. The van der Waals surface area contributed by atoms with Crippen molar-refractivity contribution in [2.75, 3.05) is 26.4 Å². The van der Waals surface area contributed by atoms with Gasteiger partial charge in [0.05, 0.1) is 6.26 Å². The van der Waals surface area contributed by atoms with Crippen molar-refractivity contribution in [3.8, 4) is 0 Å². The summed E-state index contributed by atoms with van der Waals surface area (Å²) in [5.41, 5.74) is 1.45. The molecule has 7 heteroatoms. The van der Waals surface area contributed by atoms with Gasteiger partial charge in [0.1, 0.15) is 0 Å². The van der Waals surface area contributed by atoms with Crippen LogP contribution in [0.3, 0.4) is 0 Å². The number of hydrogen-bond acceptors (Lipinski definition) is 3. The van der Waals surface area contributed by atoms with Gasteiger partial charge >= 0.3 is 0 Å². The molecule has 116 valence electrons. The fourth-order valence-corrected chi connectivity index (χ4v) is 2.26. The van der Waals surface area contributed by atoms with Crippen LogP contribution in [0.4, 0.5) is 0 Å². The largest absolute Gasteiger partial charge is 0.341 e. The van der Waals surface area contributed by atoms with E-state index in [4.69, 9.17) is 11.6 Å². The van der Waals surface area contributed by atoms with E-state index in [-0.39, 0.29) is 12.5 Å². The minimum absolute atomic E-state index is 0.153. The summed E-state index contributed by atoms with van der Waals surface area (Å²) in [6.07, 6.45) is 2.85. The predicted octanol–water partition coefficient (Wildman–Crippen LogP) is 1.75. The van der Waals surface area contributed by atoms with Gasteiger partial charge in [-0.15, -0.1) is 0 Å². The summed E-state index contributed by atoms with van der Waals surface area (Å²) in [4.78, 5) is 13.6. The molecule has 0 saturated heterocycles. The molecule has 0 aliphatic carbocycles. The fourth-order valence-electron chi connectivity index (χ4n) is 1.67. The van der Waals surface area contributed by atoms with E-state index in [0.29, 0.717) is 17.1 Å². The first-order chi connectivity index (χ1) is 9.69. The number of halogens is 1. The van der Waals surface area contributed by atoms with Gasteiger partial charge < -0.3 is 4.90 Å². The van der Waals surface area contributed by atoms with Crippen molar-refractivity contribution in [2.45, 2.75) is 6.92 Å². The number of amides is 1. The zero-order chi connectivity index (χ0) is 16.0. The normalized spacial score (nSPS) is 12.3. The van der Waals surface area contributed by atoms with Crippen LogP contribution in [0.2, 0.25) is 5.02 Å². The molecule has 0 fully saturated rings. The monoisotopic (exact) mass is 330 g/mol. The molecular weight excluding hydrogens is 312 g/mol. The molecule has 0 spiro atoms. The van der Waals surface area contributed by atoms with Gasteiger partial charge in [0.25, 0.3) is 0 Å². The van der Waals surface area contributed by atoms with Gasteiger partial charge in [0.2, 0.25) is 15.9 Å². The maximum atomic E-state index is 12.1. The van der Waals surface area contributed by atoms with Crippen LogP contribution in [0.15, 0.2) is 29.8 Å². The number of sulfonamides is 1. The second-order valence-electron chi connectivity index (χ2n) is 4.77. The molecule has 1 aromatic carbocycles. The molecule has 0 radical (unpaired) electrons. The van der Waals surface area contributed by atoms with Crippen LogP contribution in [-0.2, 0) is 14.8 Å². The summed E-state index contributed by atoms with van der Waals surface area (Å²) in [6, 6.07) is 7.16. The third kappa shape index (κ3) is 6.75. The van der Waals surface area contributed by atoms with E-state index in [2.05, 4.69) is 4.72 Å². The molecule has 1 rings (SSSR count). The van der Waals surface area contributed by atoms with Crippen LogP contribution >= 0.6 is 11.6 Å². The van der Waals surface area contributed by atoms with Crippen molar-refractivity contribution >= 4 is 33.6 Å². The van der Waals surface area contributed by atoms with Crippen molar-refractivity contribution in [2.24, 2.45) is 0 Å². The molecule has 5 nitrogen and oxygen atoms in total. The Kier molecular flexibility index (Phi) is 6.39. The van der Waals surface area contributed by atoms with E-state index < -0.39 is 10.0 Å². The highest BCUT2D eigenvalue weighted by atomic mass is 35.5. The molecule has 0 saturated carbocycles. The summed E-state index contributed by atoms with van der Waals surface area (Å²) in [6.45, 7) is 2.21. The molecule has 0 bridgehead atoms. The highest BCUT2D eigenvalue weighted by Gasteiger charge is 2.11. The van der Waals surface area contributed by atoms with Gasteiger partial charge in [-0.25, -0.2) is 13.1 Å². The van der Waals surface area contributed by atoms with Crippen LogP contribution in [-0.4, -0.2) is 45.6 Å². The van der Waals surface area contributed by atoms with Crippen LogP contribution < -0.4 is 4.72 Å². The maximum absolute atomic E-state index is 12.1. The molecule has 0 atom stereocenters. The van der Waals surface area contributed by atoms with E-state index in [0.717, 1.165) is 11.8 Å². The summed E-state index contributed by atoms with van der Waals surface area (Å²) in [5, 5.41) is 0.639. The summed E-state index contributed by atoms with van der Waals surface area (Å²) >= 11 is 5.80. The lowest BCUT2D eigenvalue weighted by Gasteiger charge is -2.17. The molecule has 0 heterocycles. The van der Waals surface area contributed by atoms with Crippen molar-refractivity contribution in [3.63, 3.8) is 0 Å².